The maximum absolute atomic E-state index is 12.1. The number of fused-ring (bicyclic) bond motifs is 1. The summed E-state index contributed by atoms with van der Waals surface area (Å²) in [5, 5.41) is 2.66. The van der Waals surface area contributed by atoms with Crippen LogP contribution in [0.15, 0.2) is 42.5 Å². The second kappa shape index (κ2) is 5.10. The summed E-state index contributed by atoms with van der Waals surface area (Å²) in [5.74, 6) is 4.72. The molecule has 0 heterocycles. The van der Waals surface area contributed by atoms with Gasteiger partial charge in [0.25, 0.3) is 0 Å². The van der Waals surface area contributed by atoms with Gasteiger partial charge in [-0.1, -0.05) is 30.3 Å². The average molecular weight is 250 g/mol. The molecule has 0 saturated carbocycles. The van der Waals surface area contributed by atoms with Gasteiger partial charge in [0.1, 0.15) is 0 Å². The number of nitrogens with zero attached hydrogens (tertiary/aromatic N) is 1. The highest BCUT2D eigenvalue weighted by Gasteiger charge is 2.17. The smallest absolute Gasteiger partial charge is 0.247 e. The van der Waals surface area contributed by atoms with E-state index in [0.29, 0.717) is 5.69 Å². The van der Waals surface area contributed by atoms with E-state index in [1.807, 2.05) is 24.3 Å². The molecule has 0 atom stereocenters. The van der Waals surface area contributed by atoms with Crippen molar-refractivity contribution in [3.8, 4) is 0 Å². The van der Waals surface area contributed by atoms with E-state index in [1.54, 1.807) is 18.2 Å². The fourth-order valence-corrected chi connectivity index (χ4v) is 1.70. The van der Waals surface area contributed by atoms with Crippen molar-refractivity contribution in [2.75, 3.05) is 5.01 Å². The van der Waals surface area contributed by atoms with Crippen LogP contribution in [0.25, 0.3) is 10.8 Å². The molecular formula is C13H12F2N2O. The number of hydrogen-bond donors (Lipinski definition) is 1. The molecular weight excluding hydrogens is 238 g/mol. The number of anilines is 1. The predicted molar refractivity (Wildman–Crippen MR) is 66.2 cm³/mol. The quantitative estimate of drug-likeness (QED) is 0.517. The molecule has 0 aliphatic heterocycles. The molecule has 0 aliphatic carbocycles. The van der Waals surface area contributed by atoms with Crippen LogP contribution in [0.2, 0.25) is 0 Å². The van der Waals surface area contributed by atoms with Gasteiger partial charge >= 0.3 is 0 Å². The number of hydrogen-bond acceptors (Lipinski definition) is 2. The summed E-state index contributed by atoms with van der Waals surface area (Å²) in [5.41, 5.74) is 0.402. The first-order chi connectivity index (χ1) is 8.58. The summed E-state index contributed by atoms with van der Waals surface area (Å²) >= 11 is 0. The molecule has 18 heavy (non-hydrogen) atoms. The van der Waals surface area contributed by atoms with Crippen molar-refractivity contribution in [3.05, 3.63) is 42.5 Å². The molecule has 5 heteroatoms. The lowest BCUT2D eigenvalue weighted by Gasteiger charge is -2.17. The number of nitrogens with two attached hydrogens (primary N) is 1. The van der Waals surface area contributed by atoms with Gasteiger partial charge in [-0.05, 0) is 22.9 Å². The Morgan fingerprint density at radius 3 is 2.50 bits per heavy atom. The lowest BCUT2D eigenvalue weighted by atomic mass is 10.1. The van der Waals surface area contributed by atoms with Gasteiger partial charge < -0.3 is 0 Å². The second-order valence-corrected chi connectivity index (χ2v) is 3.89. The molecule has 0 saturated heterocycles. The highest BCUT2D eigenvalue weighted by atomic mass is 19.3. The Morgan fingerprint density at radius 1 is 1.17 bits per heavy atom. The van der Waals surface area contributed by atoms with Gasteiger partial charge in [-0.2, -0.15) is 0 Å². The number of benzene rings is 2. The van der Waals surface area contributed by atoms with Crippen molar-refractivity contribution >= 4 is 22.4 Å². The minimum Gasteiger partial charge on any atom is -0.273 e. The lowest BCUT2D eigenvalue weighted by Crippen LogP contribution is -2.38. The van der Waals surface area contributed by atoms with Crippen LogP contribution in [0, 0.1) is 0 Å². The second-order valence-electron chi connectivity index (χ2n) is 3.89. The first-order valence-corrected chi connectivity index (χ1v) is 5.42. The van der Waals surface area contributed by atoms with Crippen LogP contribution in [0.3, 0.4) is 0 Å². The fraction of sp³-hybridized carbons (Fsp3) is 0.154. The van der Waals surface area contributed by atoms with E-state index in [0.717, 1.165) is 15.8 Å². The summed E-state index contributed by atoms with van der Waals surface area (Å²) in [4.78, 5) is 11.4. The van der Waals surface area contributed by atoms with E-state index in [1.165, 1.54) is 0 Å². The van der Waals surface area contributed by atoms with E-state index >= 15 is 0 Å². The van der Waals surface area contributed by atoms with Gasteiger partial charge in [0.05, 0.1) is 12.1 Å². The van der Waals surface area contributed by atoms with Gasteiger partial charge in [-0.15, -0.1) is 0 Å². The predicted octanol–water partition coefficient (Wildman–Crippen LogP) is 2.70. The number of rotatable bonds is 3. The number of halogens is 2. The highest BCUT2D eigenvalue weighted by Crippen LogP contribution is 2.21. The van der Waals surface area contributed by atoms with E-state index in [9.17, 15) is 13.6 Å². The van der Waals surface area contributed by atoms with Crippen molar-refractivity contribution < 1.29 is 13.6 Å². The minimum atomic E-state index is -2.69. The van der Waals surface area contributed by atoms with Crippen molar-refractivity contribution in [2.45, 2.75) is 12.8 Å². The Bertz CT molecular complexity index is 572. The Kier molecular flexibility index (Phi) is 3.53. The van der Waals surface area contributed by atoms with Crippen LogP contribution in [0.5, 0.6) is 0 Å². The Morgan fingerprint density at radius 2 is 1.83 bits per heavy atom. The molecule has 2 aromatic rings. The third-order valence-electron chi connectivity index (χ3n) is 2.61. The molecule has 0 spiro atoms. The van der Waals surface area contributed by atoms with E-state index in [4.69, 9.17) is 5.84 Å². The van der Waals surface area contributed by atoms with Crippen molar-refractivity contribution in [3.63, 3.8) is 0 Å². The van der Waals surface area contributed by atoms with Gasteiger partial charge in [0, 0.05) is 0 Å². The minimum absolute atomic E-state index is 0.402. The molecule has 94 valence electrons. The molecule has 3 nitrogen and oxygen atoms in total. The summed E-state index contributed by atoms with van der Waals surface area (Å²) in [7, 11) is 0. The zero-order chi connectivity index (χ0) is 13.1. The van der Waals surface area contributed by atoms with Gasteiger partial charge in [0.15, 0.2) is 0 Å². The topological polar surface area (TPSA) is 46.3 Å². The molecule has 0 unspecified atom stereocenters. The van der Waals surface area contributed by atoms with Gasteiger partial charge in [-0.3, -0.25) is 4.79 Å². The standard InChI is InChI=1S/C13H12F2N2O/c14-12(15)8-13(18)17(16)11-6-5-9-3-1-2-4-10(9)7-11/h1-7,12H,8,16H2. The van der Waals surface area contributed by atoms with E-state index < -0.39 is 18.8 Å². The molecule has 0 radical (unpaired) electrons. The first-order valence-electron chi connectivity index (χ1n) is 5.42. The molecule has 1 amide bonds. The SMILES string of the molecule is NN(C(=O)CC(F)F)c1ccc2ccccc2c1. The summed E-state index contributed by atoms with van der Waals surface area (Å²) in [6.07, 6.45) is -3.56. The average Bonchev–Trinajstić information content (AvgIpc) is 2.36. The van der Waals surface area contributed by atoms with Crippen molar-refractivity contribution in [1.29, 1.82) is 0 Å². The lowest BCUT2D eigenvalue weighted by molar-refractivity contribution is -0.121. The molecule has 2 N–H and O–H groups in total. The summed E-state index contributed by atoms with van der Waals surface area (Å²) in [6, 6.07) is 12.6. The zero-order valence-electron chi connectivity index (χ0n) is 9.51. The molecule has 0 aromatic heterocycles. The molecule has 0 bridgehead atoms. The molecule has 0 aliphatic rings. The van der Waals surface area contributed by atoms with Crippen LogP contribution in [0.4, 0.5) is 14.5 Å². The maximum Gasteiger partial charge on any atom is 0.247 e. The van der Waals surface area contributed by atoms with E-state index in [2.05, 4.69) is 0 Å². The number of hydrazine groups is 1. The van der Waals surface area contributed by atoms with Gasteiger partial charge in [-0.25, -0.2) is 19.6 Å². The molecule has 0 fully saturated rings. The Labute approximate surface area is 103 Å². The summed E-state index contributed by atoms with van der Waals surface area (Å²) in [6.45, 7) is 0. The number of alkyl halides is 2. The van der Waals surface area contributed by atoms with E-state index in [-0.39, 0.29) is 0 Å². The zero-order valence-corrected chi connectivity index (χ0v) is 9.51. The largest absolute Gasteiger partial charge is 0.273 e. The Balaban J connectivity index is 2.27. The number of carbonyl (C=O) groups is 1. The highest BCUT2D eigenvalue weighted by molar-refractivity contribution is 5.95. The normalized spacial score (nSPS) is 10.9. The number of carbonyl (C=O) groups excluding carboxylic acids is 1. The van der Waals surface area contributed by atoms with Crippen LogP contribution < -0.4 is 10.9 Å². The monoisotopic (exact) mass is 250 g/mol. The van der Waals surface area contributed by atoms with Crippen LogP contribution >= 0.6 is 0 Å². The van der Waals surface area contributed by atoms with Crippen LogP contribution in [-0.4, -0.2) is 12.3 Å². The van der Waals surface area contributed by atoms with Crippen LogP contribution in [-0.2, 0) is 4.79 Å². The van der Waals surface area contributed by atoms with Crippen LogP contribution in [0.1, 0.15) is 6.42 Å². The first kappa shape index (κ1) is 12.4. The third-order valence-corrected chi connectivity index (χ3v) is 2.61. The van der Waals surface area contributed by atoms with Gasteiger partial charge in [0.2, 0.25) is 12.3 Å². The van der Waals surface area contributed by atoms with Crippen molar-refractivity contribution in [2.24, 2.45) is 5.84 Å². The maximum atomic E-state index is 12.1. The fourth-order valence-electron chi connectivity index (χ4n) is 1.70. The third kappa shape index (κ3) is 2.62. The van der Waals surface area contributed by atoms with Crippen molar-refractivity contribution in [1.82, 2.24) is 0 Å². The Hall–Kier alpha value is -2.01. The number of amides is 1. The summed E-state index contributed by atoms with van der Waals surface area (Å²) < 4.78 is 24.2. The molecule has 2 aromatic carbocycles. The molecule has 2 rings (SSSR count).